The van der Waals surface area contributed by atoms with Gasteiger partial charge >= 0.3 is 0 Å². The van der Waals surface area contributed by atoms with E-state index in [4.69, 9.17) is 4.74 Å². The number of phenolic OH excluding ortho intramolecular Hbond substituents is 1. The second kappa shape index (κ2) is 4.18. The van der Waals surface area contributed by atoms with Crippen molar-refractivity contribution in [3.05, 3.63) is 24.4 Å². The monoisotopic (exact) mass is 231 g/mol. The van der Waals surface area contributed by atoms with E-state index < -0.39 is 0 Å². The standard InChI is InChI=1S/C12H13N3O2/c16-9-1-2-10-11(7-9)13-8-12(14-10)15-3-5-17-6-4-15/h1-2,7-8,16H,3-6H2. The molecule has 1 aliphatic heterocycles. The molecule has 5 heteroatoms. The maximum atomic E-state index is 9.35. The molecule has 5 nitrogen and oxygen atoms in total. The van der Waals surface area contributed by atoms with Crippen LogP contribution in [0.5, 0.6) is 5.75 Å². The molecule has 0 bridgehead atoms. The van der Waals surface area contributed by atoms with Crippen LogP contribution in [0.4, 0.5) is 5.82 Å². The minimum absolute atomic E-state index is 0.214. The summed E-state index contributed by atoms with van der Waals surface area (Å²) in [4.78, 5) is 11.0. The van der Waals surface area contributed by atoms with E-state index in [1.165, 1.54) is 0 Å². The Hall–Kier alpha value is -1.88. The van der Waals surface area contributed by atoms with Crippen molar-refractivity contribution < 1.29 is 9.84 Å². The predicted octanol–water partition coefficient (Wildman–Crippen LogP) is 1.17. The second-order valence-electron chi connectivity index (χ2n) is 4.00. The number of aromatic hydroxyl groups is 1. The fraction of sp³-hybridized carbons (Fsp3) is 0.333. The highest BCUT2D eigenvalue weighted by Crippen LogP contribution is 2.19. The van der Waals surface area contributed by atoms with Crippen molar-refractivity contribution in [1.29, 1.82) is 0 Å². The van der Waals surface area contributed by atoms with Crippen molar-refractivity contribution in [2.45, 2.75) is 0 Å². The molecular formula is C12H13N3O2. The maximum absolute atomic E-state index is 9.35. The number of benzene rings is 1. The summed E-state index contributed by atoms with van der Waals surface area (Å²) in [7, 11) is 0. The predicted molar refractivity (Wildman–Crippen MR) is 64.2 cm³/mol. The van der Waals surface area contributed by atoms with Crippen LogP contribution in [0.3, 0.4) is 0 Å². The molecule has 0 unspecified atom stereocenters. The van der Waals surface area contributed by atoms with Crippen LogP contribution in [0.15, 0.2) is 24.4 Å². The summed E-state index contributed by atoms with van der Waals surface area (Å²) in [5.41, 5.74) is 1.51. The Morgan fingerprint density at radius 2 is 2.00 bits per heavy atom. The molecule has 1 saturated heterocycles. The van der Waals surface area contributed by atoms with Crippen molar-refractivity contribution in [2.75, 3.05) is 31.2 Å². The van der Waals surface area contributed by atoms with E-state index in [1.54, 1.807) is 24.4 Å². The van der Waals surface area contributed by atoms with Gasteiger partial charge in [0.25, 0.3) is 0 Å². The van der Waals surface area contributed by atoms with Gasteiger partial charge < -0.3 is 14.7 Å². The Kier molecular flexibility index (Phi) is 2.53. The van der Waals surface area contributed by atoms with E-state index >= 15 is 0 Å². The maximum Gasteiger partial charge on any atom is 0.148 e. The molecule has 1 aromatic heterocycles. The molecule has 2 heterocycles. The number of ether oxygens (including phenoxy) is 1. The number of nitrogens with zero attached hydrogens (tertiary/aromatic N) is 3. The number of hydrogen-bond acceptors (Lipinski definition) is 5. The zero-order valence-corrected chi connectivity index (χ0v) is 9.33. The summed E-state index contributed by atoms with van der Waals surface area (Å²) in [5, 5.41) is 9.35. The van der Waals surface area contributed by atoms with E-state index in [1.807, 2.05) is 0 Å². The Labute approximate surface area is 98.7 Å². The Bertz CT molecular complexity index is 538. The molecule has 0 radical (unpaired) electrons. The van der Waals surface area contributed by atoms with Crippen molar-refractivity contribution in [3.8, 4) is 5.75 Å². The Balaban J connectivity index is 1.98. The van der Waals surface area contributed by atoms with Crippen LogP contribution in [0.25, 0.3) is 11.0 Å². The number of rotatable bonds is 1. The summed E-state index contributed by atoms with van der Waals surface area (Å²) in [5.74, 6) is 1.08. The molecule has 88 valence electrons. The largest absolute Gasteiger partial charge is 0.508 e. The summed E-state index contributed by atoms with van der Waals surface area (Å²) in [6, 6.07) is 5.02. The molecular weight excluding hydrogens is 218 g/mol. The molecule has 1 fully saturated rings. The van der Waals surface area contributed by atoms with Gasteiger partial charge in [-0.2, -0.15) is 0 Å². The average Bonchev–Trinajstić information content (AvgIpc) is 2.39. The van der Waals surface area contributed by atoms with Crippen LogP contribution in [-0.2, 0) is 4.74 Å². The third kappa shape index (κ3) is 2.01. The van der Waals surface area contributed by atoms with Gasteiger partial charge in [-0.15, -0.1) is 0 Å². The quantitative estimate of drug-likeness (QED) is 0.798. The van der Waals surface area contributed by atoms with Gasteiger partial charge in [-0.1, -0.05) is 0 Å². The minimum atomic E-state index is 0.214. The Morgan fingerprint density at radius 3 is 2.82 bits per heavy atom. The summed E-state index contributed by atoms with van der Waals surface area (Å²) < 4.78 is 5.30. The van der Waals surface area contributed by atoms with Gasteiger partial charge in [0, 0.05) is 19.2 Å². The first kappa shape index (κ1) is 10.3. The number of anilines is 1. The lowest BCUT2D eigenvalue weighted by atomic mass is 10.3. The van der Waals surface area contributed by atoms with E-state index in [0.29, 0.717) is 5.52 Å². The number of morpholine rings is 1. The number of fused-ring (bicyclic) bond motifs is 1. The van der Waals surface area contributed by atoms with Crippen molar-refractivity contribution in [2.24, 2.45) is 0 Å². The first-order valence-electron chi connectivity index (χ1n) is 5.61. The summed E-state index contributed by atoms with van der Waals surface area (Å²) in [6.45, 7) is 3.15. The van der Waals surface area contributed by atoms with Gasteiger partial charge in [0.1, 0.15) is 11.6 Å². The summed E-state index contributed by atoms with van der Waals surface area (Å²) >= 11 is 0. The molecule has 2 aromatic rings. The van der Waals surface area contributed by atoms with Gasteiger partial charge in [0.2, 0.25) is 0 Å². The fourth-order valence-electron chi connectivity index (χ4n) is 1.93. The molecule has 0 aliphatic carbocycles. The Morgan fingerprint density at radius 1 is 1.18 bits per heavy atom. The topological polar surface area (TPSA) is 58.5 Å². The zero-order chi connectivity index (χ0) is 11.7. The van der Waals surface area contributed by atoms with E-state index in [-0.39, 0.29) is 5.75 Å². The molecule has 17 heavy (non-hydrogen) atoms. The highest BCUT2D eigenvalue weighted by molar-refractivity contribution is 5.77. The molecule has 0 spiro atoms. The molecule has 0 amide bonds. The van der Waals surface area contributed by atoms with Crippen molar-refractivity contribution in [1.82, 2.24) is 9.97 Å². The van der Waals surface area contributed by atoms with E-state index in [2.05, 4.69) is 14.9 Å². The van der Waals surface area contributed by atoms with Crippen LogP contribution in [0.1, 0.15) is 0 Å². The minimum Gasteiger partial charge on any atom is -0.508 e. The second-order valence-corrected chi connectivity index (χ2v) is 4.00. The fourth-order valence-corrected chi connectivity index (χ4v) is 1.93. The first-order valence-corrected chi connectivity index (χ1v) is 5.61. The van der Waals surface area contributed by atoms with Crippen molar-refractivity contribution >= 4 is 16.9 Å². The lowest BCUT2D eigenvalue weighted by Crippen LogP contribution is -2.36. The van der Waals surface area contributed by atoms with Crippen LogP contribution >= 0.6 is 0 Å². The highest BCUT2D eigenvalue weighted by atomic mass is 16.5. The molecule has 0 saturated carbocycles. The normalized spacial score (nSPS) is 16.4. The van der Waals surface area contributed by atoms with Gasteiger partial charge in [0.05, 0.1) is 30.4 Å². The molecule has 0 atom stereocenters. The zero-order valence-electron chi connectivity index (χ0n) is 9.33. The van der Waals surface area contributed by atoms with E-state index in [0.717, 1.165) is 37.6 Å². The molecule has 1 aliphatic rings. The van der Waals surface area contributed by atoms with Gasteiger partial charge in [0.15, 0.2) is 0 Å². The van der Waals surface area contributed by atoms with Gasteiger partial charge in [-0.05, 0) is 12.1 Å². The molecule has 1 N–H and O–H groups in total. The molecule has 1 aromatic carbocycles. The third-order valence-electron chi connectivity index (χ3n) is 2.85. The SMILES string of the molecule is Oc1ccc2nc(N3CCOCC3)cnc2c1. The molecule has 3 rings (SSSR count). The average molecular weight is 231 g/mol. The summed E-state index contributed by atoms with van der Waals surface area (Å²) in [6.07, 6.45) is 1.74. The first-order chi connectivity index (χ1) is 8.33. The van der Waals surface area contributed by atoms with Crippen LogP contribution in [0.2, 0.25) is 0 Å². The number of phenols is 1. The lowest BCUT2D eigenvalue weighted by Gasteiger charge is -2.27. The van der Waals surface area contributed by atoms with Crippen LogP contribution in [0, 0.1) is 0 Å². The van der Waals surface area contributed by atoms with Gasteiger partial charge in [-0.3, -0.25) is 4.98 Å². The number of aromatic nitrogens is 2. The smallest absolute Gasteiger partial charge is 0.148 e. The van der Waals surface area contributed by atoms with E-state index in [9.17, 15) is 5.11 Å². The lowest BCUT2D eigenvalue weighted by molar-refractivity contribution is 0.122. The van der Waals surface area contributed by atoms with Crippen LogP contribution in [-0.4, -0.2) is 41.4 Å². The number of hydrogen-bond donors (Lipinski definition) is 1. The van der Waals surface area contributed by atoms with Crippen molar-refractivity contribution in [3.63, 3.8) is 0 Å². The van der Waals surface area contributed by atoms with Crippen LogP contribution < -0.4 is 4.90 Å². The third-order valence-corrected chi connectivity index (χ3v) is 2.85. The highest BCUT2D eigenvalue weighted by Gasteiger charge is 2.13. The van der Waals surface area contributed by atoms with Gasteiger partial charge in [-0.25, -0.2) is 4.98 Å².